The summed E-state index contributed by atoms with van der Waals surface area (Å²) in [7, 11) is -4.56. The molecule has 76 valence electrons. The summed E-state index contributed by atoms with van der Waals surface area (Å²) < 4.78 is 59.7. The van der Waals surface area contributed by atoms with Gasteiger partial charge in [0, 0.05) is 0 Å². The Hall–Kier alpha value is 0.0600. The first kappa shape index (κ1) is 12.1. The second kappa shape index (κ2) is 4.34. The van der Waals surface area contributed by atoms with E-state index in [1.54, 1.807) is 0 Å². The lowest BCUT2D eigenvalue weighted by Gasteiger charge is -2.17. The van der Waals surface area contributed by atoms with E-state index in [9.17, 15) is 8.42 Å². The molecule has 0 aliphatic rings. The van der Waals surface area contributed by atoms with Crippen molar-refractivity contribution in [1.82, 2.24) is 0 Å². The molecule has 10 heteroatoms. The van der Waals surface area contributed by atoms with Crippen LogP contribution in [0.2, 0.25) is 0 Å². The largest absolute Gasteiger partial charge is 0.397 e. The summed E-state index contributed by atoms with van der Waals surface area (Å²) in [5, 5.41) is 0. The van der Waals surface area contributed by atoms with E-state index in [-0.39, 0.29) is 0 Å². The lowest BCUT2D eigenvalue weighted by Crippen LogP contribution is -2.11. The van der Waals surface area contributed by atoms with Gasteiger partial charge in [-0.1, -0.05) is 0 Å². The van der Waals surface area contributed by atoms with E-state index in [1.165, 1.54) is 0 Å². The molecule has 0 radical (unpaired) electrons. The molecular formula is C2H8O8S2. The summed E-state index contributed by atoms with van der Waals surface area (Å²) in [5.41, 5.74) is 0. The highest BCUT2D eigenvalue weighted by molar-refractivity contribution is 8.15. The number of hydrogen-bond acceptors (Lipinski definition) is 7. The lowest BCUT2D eigenvalue weighted by atomic mass is 10.8. The monoisotopic (exact) mass is 224 g/mol. The van der Waals surface area contributed by atoms with Crippen molar-refractivity contribution in [2.75, 3.05) is 13.2 Å². The zero-order valence-electron chi connectivity index (χ0n) is 5.65. The maximum atomic E-state index is 9.85. The first-order chi connectivity index (χ1) is 5.21. The van der Waals surface area contributed by atoms with Gasteiger partial charge in [-0.15, -0.1) is 0 Å². The Morgan fingerprint density at radius 2 is 1.33 bits per heavy atom. The molecule has 0 rings (SSSR count). The van der Waals surface area contributed by atoms with E-state index in [0.717, 1.165) is 0 Å². The molecule has 0 aliphatic heterocycles. The highest BCUT2D eigenvalue weighted by Crippen LogP contribution is 2.33. The van der Waals surface area contributed by atoms with Crippen molar-refractivity contribution in [1.29, 1.82) is 0 Å². The average Bonchev–Trinajstić information content (AvgIpc) is 1.76. The fourth-order valence-corrected chi connectivity index (χ4v) is 0.855. The van der Waals surface area contributed by atoms with Gasteiger partial charge in [0.1, 0.15) is 0 Å². The van der Waals surface area contributed by atoms with Crippen molar-refractivity contribution in [3.63, 3.8) is 0 Å². The van der Waals surface area contributed by atoms with E-state index in [1.807, 2.05) is 0 Å². The highest BCUT2D eigenvalue weighted by Gasteiger charge is 2.12. The third-order valence-electron chi connectivity index (χ3n) is 0.557. The highest BCUT2D eigenvalue weighted by atomic mass is 32.3. The Bertz CT molecular complexity index is 212. The van der Waals surface area contributed by atoms with E-state index < -0.39 is 34.8 Å². The third kappa shape index (κ3) is 10.1. The molecule has 0 atom stereocenters. The summed E-state index contributed by atoms with van der Waals surface area (Å²) in [5.74, 6) is 0. The minimum atomic E-state index is -4.56. The summed E-state index contributed by atoms with van der Waals surface area (Å²) >= 11 is -4.10. The van der Waals surface area contributed by atoms with Crippen LogP contribution in [0.1, 0.15) is 0 Å². The van der Waals surface area contributed by atoms with Crippen LogP contribution in [-0.2, 0) is 18.8 Å². The summed E-state index contributed by atoms with van der Waals surface area (Å²) in [4.78, 5) is 0. The molecule has 0 aromatic heterocycles. The first-order valence-corrected chi connectivity index (χ1v) is 5.27. The summed E-state index contributed by atoms with van der Waals surface area (Å²) in [6, 6.07) is 0. The van der Waals surface area contributed by atoms with Gasteiger partial charge in [-0.25, -0.2) is 4.18 Å². The summed E-state index contributed by atoms with van der Waals surface area (Å²) in [6.45, 7) is -1.21. The second-order valence-electron chi connectivity index (χ2n) is 1.54. The predicted molar refractivity (Wildman–Crippen MR) is 38.9 cm³/mol. The minimum Gasteiger partial charge on any atom is -0.287 e. The molecule has 0 aromatic carbocycles. The number of rotatable bonds is 5. The van der Waals surface area contributed by atoms with Crippen molar-refractivity contribution in [3.05, 3.63) is 0 Å². The Morgan fingerprint density at radius 1 is 0.917 bits per heavy atom. The van der Waals surface area contributed by atoms with E-state index in [2.05, 4.69) is 8.37 Å². The van der Waals surface area contributed by atoms with Crippen molar-refractivity contribution < 1.29 is 35.0 Å². The molecule has 8 nitrogen and oxygen atoms in total. The van der Waals surface area contributed by atoms with Crippen LogP contribution in [0.4, 0.5) is 0 Å². The van der Waals surface area contributed by atoms with Crippen molar-refractivity contribution in [2.45, 2.75) is 0 Å². The third-order valence-corrected chi connectivity index (χ3v) is 1.50. The van der Waals surface area contributed by atoms with Crippen LogP contribution in [0.3, 0.4) is 0 Å². The van der Waals surface area contributed by atoms with Crippen LogP contribution in [-0.4, -0.2) is 39.8 Å². The average molecular weight is 224 g/mol. The fourth-order valence-electron chi connectivity index (χ4n) is 0.285. The normalized spacial score (nSPS) is 14.7. The van der Waals surface area contributed by atoms with Crippen LogP contribution in [0, 0.1) is 0 Å². The molecule has 12 heavy (non-hydrogen) atoms. The maximum absolute atomic E-state index is 9.85. The van der Waals surface area contributed by atoms with Gasteiger partial charge in [-0.05, 0) is 0 Å². The maximum Gasteiger partial charge on any atom is 0.397 e. The van der Waals surface area contributed by atoms with Gasteiger partial charge >= 0.3 is 10.4 Å². The SMILES string of the molecule is O=S(=O)(O)OCCOS(O)(O)O. The van der Waals surface area contributed by atoms with Crippen LogP contribution in [0.25, 0.3) is 0 Å². The van der Waals surface area contributed by atoms with Gasteiger partial charge in [0.2, 0.25) is 11.2 Å². The second-order valence-corrected chi connectivity index (χ2v) is 3.80. The Kier molecular flexibility index (Phi) is 4.36. The summed E-state index contributed by atoms with van der Waals surface area (Å²) in [6.07, 6.45) is 0. The van der Waals surface area contributed by atoms with E-state index >= 15 is 0 Å². The van der Waals surface area contributed by atoms with Gasteiger partial charge in [-0.3, -0.25) is 22.4 Å². The Morgan fingerprint density at radius 3 is 1.67 bits per heavy atom. The van der Waals surface area contributed by atoms with Crippen LogP contribution in [0.15, 0.2) is 0 Å². The molecule has 0 aromatic rings. The molecule has 0 fully saturated rings. The quantitative estimate of drug-likeness (QED) is 0.377. The van der Waals surface area contributed by atoms with Gasteiger partial charge < -0.3 is 0 Å². The zero-order chi connectivity index (χ0) is 9.83. The van der Waals surface area contributed by atoms with Gasteiger partial charge in [0.25, 0.3) is 0 Å². The molecule has 0 bridgehead atoms. The van der Waals surface area contributed by atoms with Crippen LogP contribution in [0.5, 0.6) is 0 Å². The first-order valence-electron chi connectivity index (χ1n) is 2.47. The predicted octanol–water partition coefficient (Wildman–Crippen LogP) is -0.0390. The van der Waals surface area contributed by atoms with Crippen LogP contribution >= 0.6 is 11.2 Å². The molecule has 0 saturated carbocycles. The fraction of sp³-hybridized carbons (Fsp3) is 1.00. The molecule has 0 heterocycles. The molecule has 0 aliphatic carbocycles. The molecule has 0 unspecified atom stereocenters. The molecule has 0 saturated heterocycles. The Balaban J connectivity index is 3.48. The molecule has 0 spiro atoms. The van der Waals surface area contributed by atoms with Crippen molar-refractivity contribution >= 4 is 21.6 Å². The van der Waals surface area contributed by atoms with Crippen molar-refractivity contribution in [3.8, 4) is 0 Å². The van der Waals surface area contributed by atoms with Crippen LogP contribution < -0.4 is 0 Å². The molecular weight excluding hydrogens is 216 g/mol. The smallest absolute Gasteiger partial charge is 0.287 e. The molecule has 4 N–H and O–H groups in total. The molecule has 0 amide bonds. The van der Waals surface area contributed by atoms with E-state index in [4.69, 9.17) is 18.2 Å². The van der Waals surface area contributed by atoms with Gasteiger partial charge in [-0.2, -0.15) is 8.42 Å². The minimum absolute atomic E-state index is 0.585. The van der Waals surface area contributed by atoms with Gasteiger partial charge in [0.15, 0.2) is 0 Å². The Labute approximate surface area is 70.4 Å². The van der Waals surface area contributed by atoms with Gasteiger partial charge in [0.05, 0.1) is 13.2 Å². The lowest BCUT2D eigenvalue weighted by molar-refractivity contribution is 0.159. The zero-order valence-corrected chi connectivity index (χ0v) is 7.29. The topological polar surface area (TPSA) is 134 Å². The standard InChI is InChI=1S/C2H8O8S2/c3-11(4,5)9-1-2-10-12(6,7)8/h3-5H,1-2H2,(H,6,7,8). The number of hydrogen-bond donors (Lipinski definition) is 4. The van der Waals surface area contributed by atoms with Crippen molar-refractivity contribution in [2.24, 2.45) is 0 Å². The van der Waals surface area contributed by atoms with E-state index in [0.29, 0.717) is 0 Å².